The van der Waals surface area contributed by atoms with Crippen molar-refractivity contribution in [3.63, 3.8) is 0 Å². The Kier molecular flexibility index (Phi) is 4.87. The van der Waals surface area contributed by atoms with E-state index < -0.39 is 6.04 Å². The lowest BCUT2D eigenvalue weighted by Crippen LogP contribution is -2.52. The fourth-order valence-corrected chi connectivity index (χ4v) is 3.71. The number of amides is 2. The van der Waals surface area contributed by atoms with Crippen LogP contribution < -0.4 is 5.32 Å². The van der Waals surface area contributed by atoms with Gasteiger partial charge < -0.3 is 14.7 Å². The summed E-state index contributed by atoms with van der Waals surface area (Å²) in [5.41, 5.74) is 0.681. The molecule has 2 aliphatic heterocycles. The van der Waals surface area contributed by atoms with E-state index in [4.69, 9.17) is 4.52 Å². The normalized spacial score (nSPS) is 23.1. The van der Waals surface area contributed by atoms with E-state index in [1.165, 1.54) is 12.1 Å². The van der Waals surface area contributed by atoms with Gasteiger partial charge in [0.1, 0.15) is 11.9 Å². The lowest BCUT2D eigenvalue weighted by Gasteiger charge is -2.34. The fourth-order valence-electron chi connectivity index (χ4n) is 3.71. The molecule has 8 heteroatoms. The number of benzene rings is 1. The van der Waals surface area contributed by atoms with Crippen molar-refractivity contribution in [3.8, 4) is 11.4 Å². The summed E-state index contributed by atoms with van der Waals surface area (Å²) in [6, 6.07) is 5.48. The molecule has 2 aliphatic rings. The molecule has 2 fully saturated rings. The van der Waals surface area contributed by atoms with Crippen LogP contribution in [0.3, 0.4) is 0 Å². The smallest absolute Gasteiger partial charge is 0.245 e. The van der Waals surface area contributed by atoms with E-state index in [0.717, 1.165) is 19.3 Å². The molecule has 0 bridgehead atoms. The Labute approximate surface area is 155 Å². The Bertz CT molecular complexity index is 836. The zero-order chi connectivity index (χ0) is 18.8. The number of carbonyl (C=O) groups is 2. The second-order valence-electron chi connectivity index (χ2n) is 7.10. The number of piperidine rings is 2. The molecule has 1 unspecified atom stereocenters. The van der Waals surface area contributed by atoms with Crippen molar-refractivity contribution in [3.05, 3.63) is 36.0 Å². The summed E-state index contributed by atoms with van der Waals surface area (Å²) in [7, 11) is 0. The van der Waals surface area contributed by atoms with Crippen LogP contribution in [0.2, 0.25) is 0 Å². The van der Waals surface area contributed by atoms with Gasteiger partial charge in [0, 0.05) is 25.1 Å². The molecule has 0 radical (unpaired) electrons. The molecule has 1 N–H and O–H groups in total. The van der Waals surface area contributed by atoms with Crippen molar-refractivity contribution >= 4 is 11.8 Å². The van der Waals surface area contributed by atoms with Gasteiger partial charge in [0.05, 0.1) is 5.92 Å². The molecule has 2 aromatic rings. The van der Waals surface area contributed by atoms with Crippen molar-refractivity contribution in [2.24, 2.45) is 0 Å². The first-order chi connectivity index (χ1) is 13.1. The van der Waals surface area contributed by atoms with Crippen molar-refractivity contribution in [2.45, 2.75) is 44.1 Å². The number of aromatic nitrogens is 2. The van der Waals surface area contributed by atoms with E-state index in [1.807, 2.05) is 0 Å². The van der Waals surface area contributed by atoms with Gasteiger partial charge in [-0.25, -0.2) is 4.39 Å². The van der Waals surface area contributed by atoms with Crippen LogP contribution in [-0.4, -0.2) is 46.0 Å². The molecule has 142 valence electrons. The molecule has 0 spiro atoms. The Morgan fingerprint density at radius 2 is 2.04 bits per heavy atom. The fraction of sp³-hybridized carbons (Fsp3) is 0.474. The van der Waals surface area contributed by atoms with Crippen molar-refractivity contribution in [1.82, 2.24) is 20.4 Å². The molecule has 4 rings (SSSR count). The number of carbonyl (C=O) groups excluding carboxylic acids is 2. The van der Waals surface area contributed by atoms with Crippen LogP contribution in [0.1, 0.15) is 43.9 Å². The quantitative estimate of drug-likeness (QED) is 0.893. The summed E-state index contributed by atoms with van der Waals surface area (Å²) in [6.07, 6.45) is 3.60. The first kappa shape index (κ1) is 17.6. The highest BCUT2D eigenvalue weighted by Crippen LogP contribution is 2.28. The maximum Gasteiger partial charge on any atom is 0.245 e. The molecule has 0 aliphatic carbocycles. The van der Waals surface area contributed by atoms with E-state index in [1.54, 1.807) is 17.0 Å². The number of halogens is 1. The molecule has 3 heterocycles. The van der Waals surface area contributed by atoms with Crippen molar-refractivity contribution in [2.75, 3.05) is 13.1 Å². The molecule has 2 saturated heterocycles. The van der Waals surface area contributed by atoms with Gasteiger partial charge in [-0.2, -0.15) is 4.98 Å². The first-order valence-electron chi connectivity index (χ1n) is 9.28. The van der Waals surface area contributed by atoms with Gasteiger partial charge in [0.25, 0.3) is 0 Å². The van der Waals surface area contributed by atoms with E-state index in [2.05, 4.69) is 15.5 Å². The zero-order valence-corrected chi connectivity index (χ0v) is 14.9. The first-order valence-corrected chi connectivity index (χ1v) is 9.28. The summed E-state index contributed by atoms with van der Waals surface area (Å²) in [5, 5.41) is 6.78. The van der Waals surface area contributed by atoms with Crippen LogP contribution in [0.25, 0.3) is 11.4 Å². The standard InChI is InChI=1S/C19H21FN4O3/c20-14-8-6-12(7-9-14)17-22-18(27-23-17)13-3-2-10-24(11-13)19(26)15-4-1-5-16(25)21-15/h6-9,13,15H,1-5,10-11H2,(H,21,25)/t13?,15-/m1/s1. The summed E-state index contributed by atoms with van der Waals surface area (Å²) < 4.78 is 18.5. The second kappa shape index (κ2) is 7.46. The topological polar surface area (TPSA) is 88.3 Å². The average molecular weight is 372 g/mol. The lowest BCUT2D eigenvalue weighted by molar-refractivity contribution is -0.139. The van der Waals surface area contributed by atoms with Crippen LogP contribution in [0.15, 0.2) is 28.8 Å². The number of nitrogens with zero attached hydrogens (tertiary/aromatic N) is 3. The largest absolute Gasteiger partial charge is 0.344 e. The molecule has 2 atom stereocenters. The maximum atomic E-state index is 13.1. The van der Waals surface area contributed by atoms with Crippen LogP contribution in [0, 0.1) is 5.82 Å². The highest BCUT2D eigenvalue weighted by molar-refractivity contribution is 5.88. The third-order valence-electron chi connectivity index (χ3n) is 5.16. The van der Waals surface area contributed by atoms with Crippen LogP contribution >= 0.6 is 0 Å². The average Bonchev–Trinajstić information content (AvgIpc) is 3.18. The second-order valence-corrected chi connectivity index (χ2v) is 7.10. The number of hydrogen-bond donors (Lipinski definition) is 1. The Balaban J connectivity index is 1.44. The third-order valence-corrected chi connectivity index (χ3v) is 5.16. The van der Waals surface area contributed by atoms with E-state index >= 15 is 0 Å². The Hall–Kier alpha value is -2.77. The summed E-state index contributed by atoms with van der Waals surface area (Å²) in [6.45, 7) is 1.16. The molecule has 1 aromatic heterocycles. The number of hydrogen-bond acceptors (Lipinski definition) is 5. The van der Waals surface area contributed by atoms with Gasteiger partial charge in [-0.05, 0) is 49.9 Å². The lowest BCUT2D eigenvalue weighted by atomic mass is 9.96. The number of likely N-dealkylation sites (tertiary alicyclic amines) is 1. The molecular formula is C19H21FN4O3. The predicted molar refractivity (Wildman–Crippen MR) is 94.0 cm³/mol. The minimum absolute atomic E-state index is 0.0361. The highest BCUT2D eigenvalue weighted by atomic mass is 19.1. The maximum absolute atomic E-state index is 13.1. The van der Waals surface area contributed by atoms with Gasteiger partial charge in [-0.3, -0.25) is 9.59 Å². The third kappa shape index (κ3) is 3.84. The SMILES string of the molecule is O=C1CCC[C@H](C(=O)N2CCCC(c3nc(-c4ccc(F)cc4)no3)C2)N1. The van der Waals surface area contributed by atoms with Crippen LogP contribution in [0.5, 0.6) is 0 Å². The van der Waals surface area contributed by atoms with E-state index in [-0.39, 0.29) is 23.5 Å². The molecule has 1 aromatic carbocycles. The summed E-state index contributed by atoms with van der Waals surface area (Å²) >= 11 is 0. The summed E-state index contributed by atoms with van der Waals surface area (Å²) in [5.74, 6) is 0.440. The minimum Gasteiger partial charge on any atom is -0.344 e. The minimum atomic E-state index is -0.428. The predicted octanol–water partition coefficient (Wildman–Crippen LogP) is 2.25. The van der Waals surface area contributed by atoms with Crippen LogP contribution in [-0.2, 0) is 9.59 Å². The van der Waals surface area contributed by atoms with Crippen LogP contribution in [0.4, 0.5) is 4.39 Å². The molecule has 27 heavy (non-hydrogen) atoms. The molecule has 2 amide bonds. The summed E-state index contributed by atoms with van der Waals surface area (Å²) in [4.78, 5) is 30.5. The number of nitrogens with one attached hydrogen (secondary N) is 1. The molecule has 0 saturated carbocycles. The molecule has 7 nitrogen and oxygen atoms in total. The van der Waals surface area contributed by atoms with Crippen molar-refractivity contribution in [1.29, 1.82) is 0 Å². The highest BCUT2D eigenvalue weighted by Gasteiger charge is 2.33. The number of rotatable bonds is 3. The van der Waals surface area contributed by atoms with E-state index in [0.29, 0.717) is 43.2 Å². The van der Waals surface area contributed by atoms with Gasteiger partial charge in [0.2, 0.25) is 23.5 Å². The zero-order valence-electron chi connectivity index (χ0n) is 14.9. The Morgan fingerprint density at radius 3 is 2.81 bits per heavy atom. The molecular weight excluding hydrogens is 351 g/mol. The van der Waals surface area contributed by atoms with Gasteiger partial charge >= 0.3 is 0 Å². The monoisotopic (exact) mass is 372 g/mol. The van der Waals surface area contributed by atoms with Gasteiger partial charge in [0.15, 0.2) is 0 Å². The van der Waals surface area contributed by atoms with Gasteiger partial charge in [-0.15, -0.1) is 0 Å². The van der Waals surface area contributed by atoms with Crippen molar-refractivity contribution < 1.29 is 18.5 Å². The van der Waals surface area contributed by atoms with Gasteiger partial charge in [-0.1, -0.05) is 5.16 Å². The van der Waals surface area contributed by atoms with E-state index in [9.17, 15) is 14.0 Å². The Morgan fingerprint density at radius 1 is 1.22 bits per heavy atom.